The smallest absolute Gasteiger partial charge is 0.0957 e. The highest BCUT2D eigenvalue weighted by atomic mass is 35.5. The molecule has 1 N–H and O–H groups in total. The number of rotatable bonds is 3. The lowest BCUT2D eigenvalue weighted by Gasteiger charge is -2.10. The van der Waals surface area contributed by atoms with E-state index in [-0.39, 0.29) is 0 Å². The maximum absolute atomic E-state index is 10.1. The van der Waals surface area contributed by atoms with Gasteiger partial charge in [-0.3, -0.25) is 0 Å². The van der Waals surface area contributed by atoms with E-state index in [2.05, 4.69) is 4.98 Å². The first-order valence-electron chi connectivity index (χ1n) is 5.41. The molecular formula is C13H14ClNOS. The second-order valence-corrected chi connectivity index (χ2v) is 5.46. The van der Waals surface area contributed by atoms with Gasteiger partial charge in [-0.25, -0.2) is 4.98 Å². The molecule has 2 rings (SSSR count). The fraction of sp³-hybridized carbons (Fsp3) is 0.308. The Bertz CT molecular complexity index is 524. The quantitative estimate of drug-likeness (QED) is 0.920. The molecule has 0 aliphatic carbocycles. The van der Waals surface area contributed by atoms with Gasteiger partial charge in [0.1, 0.15) is 0 Å². The van der Waals surface area contributed by atoms with Gasteiger partial charge in [-0.15, -0.1) is 11.3 Å². The van der Waals surface area contributed by atoms with Crippen molar-refractivity contribution in [3.8, 4) is 0 Å². The van der Waals surface area contributed by atoms with Crippen LogP contribution in [-0.4, -0.2) is 10.1 Å². The van der Waals surface area contributed by atoms with Crippen molar-refractivity contribution < 1.29 is 5.11 Å². The summed E-state index contributed by atoms with van der Waals surface area (Å²) in [6.45, 7) is 3.90. The highest BCUT2D eigenvalue weighted by Crippen LogP contribution is 2.24. The van der Waals surface area contributed by atoms with Crippen molar-refractivity contribution in [1.82, 2.24) is 4.98 Å². The van der Waals surface area contributed by atoms with Crippen LogP contribution in [-0.2, 0) is 6.42 Å². The monoisotopic (exact) mass is 267 g/mol. The number of hydrogen-bond acceptors (Lipinski definition) is 3. The van der Waals surface area contributed by atoms with Crippen molar-refractivity contribution in [3.05, 3.63) is 50.4 Å². The van der Waals surface area contributed by atoms with Gasteiger partial charge in [0.15, 0.2) is 0 Å². The molecule has 0 spiro atoms. The van der Waals surface area contributed by atoms with Gasteiger partial charge in [-0.1, -0.05) is 23.7 Å². The van der Waals surface area contributed by atoms with Crippen molar-refractivity contribution >= 4 is 22.9 Å². The Morgan fingerprint density at radius 2 is 2.18 bits per heavy atom. The summed E-state index contributed by atoms with van der Waals surface area (Å²) < 4.78 is 0. The topological polar surface area (TPSA) is 33.1 Å². The molecule has 4 heteroatoms. The average molecular weight is 268 g/mol. The lowest BCUT2D eigenvalue weighted by Crippen LogP contribution is -2.01. The Hall–Kier alpha value is -0.900. The highest BCUT2D eigenvalue weighted by Gasteiger charge is 2.11. The summed E-state index contributed by atoms with van der Waals surface area (Å²) >= 11 is 7.62. The number of nitrogens with zero attached hydrogens (tertiary/aromatic N) is 1. The zero-order chi connectivity index (χ0) is 12.4. The van der Waals surface area contributed by atoms with Crippen LogP contribution >= 0.6 is 22.9 Å². The predicted octanol–water partition coefficient (Wildman–Crippen LogP) is 3.69. The van der Waals surface area contributed by atoms with Crippen LogP contribution in [0.15, 0.2) is 23.6 Å². The van der Waals surface area contributed by atoms with Crippen LogP contribution in [0.3, 0.4) is 0 Å². The number of hydrogen-bond donors (Lipinski definition) is 1. The summed E-state index contributed by atoms with van der Waals surface area (Å²) in [6.07, 6.45) is -0.00334. The zero-order valence-electron chi connectivity index (χ0n) is 9.77. The first-order valence-corrected chi connectivity index (χ1v) is 6.67. The minimum absolute atomic E-state index is 0.540. The number of aromatic nitrogens is 1. The normalized spacial score (nSPS) is 12.7. The molecule has 0 fully saturated rings. The van der Waals surface area contributed by atoms with E-state index >= 15 is 0 Å². The van der Waals surface area contributed by atoms with E-state index in [0.29, 0.717) is 11.4 Å². The molecule has 2 aromatic rings. The molecule has 0 aliphatic rings. The molecule has 0 radical (unpaired) electrons. The van der Waals surface area contributed by atoms with Gasteiger partial charge in [0.25, 0.3) is 0 Å². The SMILES string of the molecule is Cc1csc(CC(O)c2ccc(C)c(Cl)c2)n1. The summed E-state index contributed by atoms with van der Waals surface area (Å²) in [5, 5.41) is 13.7. The molecule has 0 bridgehead atoms. The Labute approximate surface area is 110 Å². The van der Waals surface area contributed by atoms with Crippen LogP contribution in [0.4, 0.5) is 0 Å². The molecule has 0 saturated heterocycles. The number of aryl methyl sites for hydroxylation is 2. The van der Waals surface area contributed by atoms with Crippen LogP contribution < -0.4 is 0 Å². The lowest BCUT2D eigenvalue weighted by molar-refractivity contribution is 0.178. The maximum Gasteiger partial charge on any atom is 0.0957 e. The van der Waals surface area contributed by atoms with E-state index in [1.54, 1.807) is 11.3 Å². The molecule has 0 amide bonds. The van der Waals surface area contributed by atoms with E-state index in [1.807, 2.05) is 37.4 Å². The number of aliphatic hydroxyl groups is 1. The third-order valence-electron chi connectivity index (χ3n) is 2.62. The van der Waals surface area contributed by atoms with Crippen LogP contribution in [0.5, 0.6) is 0 Å². The zero-order valence-corrected chi connectivity index (χ0v) is 11.3. The lowest BCUT2D eigenvalue weighted by atomic mass is 10.1. The molecule has 0 aliphatic heterocycles. The Morgan fingerprint density at radius 1 is 1.41 bits per heavy atom. The molecular weight excluding hydrogens is 254 g/mol. The summed E-state index contributed by atoms with van der Waals surface area (Å²) in [5.74, 6) is 0. The minimum atomic E-state index is -0.543. The molecule has 0 saturated carbocycles. The molecule has 1 heterocycles. The largest absolute Gasteiger partial charge is 0.388 e. The predicted molar refractivity (Wildman–Crippen MR) is 71.7 cm³/mol. The minimum Gasteiger partial charge on any atom is -0.388 e. The van der Waals surface area contributed by atoms with E-state index in [1.165, 1.54) is 0 Å². The second kappa shape index (κ2) is 5.17. The number of benzene rings is 1. The van der Waals surface area contributed by atoms with Crippen molar-refractivity contribution in [2.45, 2.75) is 26.4 Å². The van der Waals surface area contributed by atoms with Gasteiger partial charge in [0.2, 0.25) is 0 Å². The molecule has 17 heavy (non-hydrogen) atoms. The van der Waals surface area contributed by atoms with Crippen molar-refractivity contribution in [3.63, 3.8) is 0 Å². The molecule has 1 unspecified atom stereocenters. The molecule has 1 aromatic carbocycles. The average Bonchev–Trinajstić information content (AvgIpc) is 2.68. The van der Waals surface area contributed by atoms with Crippen molar-refractivity contribution in [1.29, 1.82) is 0 Å². The molecule has 2 nitrogen and oxygen atoms in total. The Morgan fingerprint density at radius 3 is 2.76 bits per heavy atom. The van der Waals surface area contributed by atoms with Crippen LogP contribution in [0.2, 0.25) is 5.02 Å². The van der Waals surface area contributed by atoms with Crippen molar-refractivity contribution in [2.75, 3.05) is 0 Å². The molecule has 1 aromatic heterocycles. The van der Waals surface area contributed by atoms with Gasteiger partial charge >= 0.3 is 0 Å². The van der Waals surface area contributed by atoms with E-state index in [4.69, 9.17) is 11.6 Å². The fourth-order valence-corrected chi connectivity index (χ4v) is 2.60. The van der Waals surface area contributed by atoms with Gasteiger partial charge in [-0.05, 0) is 31.0 Å². The second-order valence-electron chi connectivity index (χ2n) is 4.11. The first-order chi connectivity index (χ1) is 8.06. The van der Waals surface area contributed by atoms with E-state index in [9.17, 15) is 5.11 Å². The third-order valence-corrected chi connectivity index (χ3v) is 4.01. The molecule has 1 atom stereocenters. The Kier molecular flexibility index (Phi) is 3.82. The number of halogens is 1. The van der Waals surface area contributed by atoms with E-state index < -0.39 is 6.10 Å². The maximum atomic E-state index is 10.1. The van der Waals surface area contributed by atoms with Crippen molar-refractivity contribution in [2.24, 2.45) is 0 Å². The summed E-state index contributed by atoms with van der Waals surface area (Å²) in [5.41, 5.74) is 2.86. The summed E-state index contributed by atoms with van der Waals surface area (Å²) in [4.78, 5) is 4.34. The number of thiazole rings is 1. The third kappa shape index (κ3) is 3.06. The number of aliphatic hydroxyl groups excluding tert-OH is 1. The Balaban J connectivity index is 2.14. The fourth-order valence-electron chi connectivity index (χ4n) is 1.60. The van der Waals surface area contributed by atoms with Crippen LogP contribution in [0.25, 0.3) is 0 Å². The standard InChI is InChI=1S/C13H14ClNOS/c1-8-3-4-10(5-11(8)14)12(16)6-13-15-9(2)7-17-13/h3-5,7,12,16H,6H2,1-2H3. The highest BCUT2D eigenvalue weighted by molar-refractivity contribution is 7.09. The van der Waals surface area contributed by atoms with Crippen LogP contribution in [0, 0.1) is 13.8 Å². The van der Waals surface area contributed by atoms with Gasteiger partial charge < -0.3 is 5.11 Å². The summed E-state index contributed by atoms with van der Waals surface area (Å²) in [6, 6.07) is 5.66. The first kappa shape index (κ1) is 12.6. The van der Waals surface area contributed by atoms with E-state index in [0.717, 1.165) is 21.8 Å². The summed E-state index contributed by atoms with van der Waals surface area (Å²) in [7, 11) is 0. The van der Waals surface area contributed by atoms with Crippen LogP contribution in [0.1, 0.15) is 27.9 Å². The van der Waals surface area contributed by atoms with Gasteiger partial charge in [-0.2, -0.15) is 0 Å². The van der Waals surface area contributed by atoms with Gasteiger partial charge in [0, 0.05) is 22.5 Å². The van der Waals surface area contributed by atoms with Gasteiger partial charge in [0.05, 0.1) is 11.1 Å². The molecule has 90 valence electrons.